The third kappa shape index (κ3) is 2.13. The summed E-state index contributed by atoms with van der Waals surface area (Å²) in [4.78, 5) is 12.8. The summed E-state index contributed by atoms with van der Waals surface area (Å²) < 4.78 is 1.79. The molecule has 6 heteroatoms. The Balaban J connectivity index is 2.53. The fourth-order valence-corrected chi connectivity index (χ4v) is 3.13. The molecule has 0 aliphatic heterocycles. The van der Waals surface area contributed by atoms with Crippen molar-refractivity contribution in [2.75, 3.05) is 6.54 Å². The van der Waals surface area contributed by atoms with Crippen molar-refractivity contribution in [1.29, 1.82) is 0 Å². The zero-order chi connectivity index (χ0) is 15.1. The van der Waals surface area contributed by atoms with Crippen LogP contribution in [0.25, 0.3) is 21.8 Å². The number of benzene rings is 1. The Morgan fingerprint density at radius 3 is 2.86 bits per heavy atom. The lowest BCUT2D eigenvalue weighted by atomic mass is 10.1. The molecule has 0 bridgehead atoms. The summed E-state index contributed by atoms with van der Waals surface area (Å²) in [5.41, 5.74) is 8.88. The normalized spacial score (nSPS) is 11.6. The lowest BCUT2D eigenvalue weighted by Crippen LogP contribution is -2.23. The SMILES string of the molecule is Cc1[nH]nc2c1c(=O)n(CCCN)c1c(C)cc(Cl)cc21. The maximum absolute atomic E-state index is 12.8. The Kier molecular flexibility index (Phi) is 3.47. The highest BCUT2D eigenvalue weighted by Crippen LogP contribution is 2.28. The minimum Gasteiger partial charge on any atom is -0.330 e. The van der Waals surface area contributed by atoms with E-state index >= 15 is 0 Å². The second-order valence-corrected chi connectivity index (χ2v) is 5.73. The average Bonchev–Trinajstić information content (AvgIpc) is 2.82. The quantitative estimate of drug-likeness (QED) is 0.780. The maximum Gasteiger partial charge on any atom is 0.262 e. The first-order valence-corrected chi connectivity index (χ1v) is 7.29. The molecule has 0 radical (unpaired) electrons. The van der Waals surface area contributed by atoms with Crippen molar-refractivity contribution in [1.82, 2.24) is 14.8 Å². The molecular formula is C15H17ClN4O. The van der Waals surface area contributed by atoms with E-state index < -0.39 is 0 Å². The van der Waals surface area contributed by atoms with Gasteiger partial charge in [0.2, 0.25) is 0 Å². The van der Waals surface area contributed by atoms with Gasteiger partial charge in [-0.3, -0.25) is 9.89 Å². The van der Waals surface area contributed by atoms with Gasteiger partial charge in [-0.25, -0.2) is 0 Å². The number of rotatable bonds is 3. The van der Waals surface area contributed by atoms with Crippen LogP contribution in [-0.4, -0.2) is 21.3 Å². The number of H-pyrrole nitrogens is 1. The Labute approximate surface area is 126 Å². The molecule has 0 amide bonds. The van der Waals surface area contributed by atoms with Crippen LogP contribution < -0.4 is 11.3 Å². The van der Waals surface area contributed by atoms with Gasteiger partial charge in [-0.1, -0.05) is 11.6 Å². The summed E-state index contributed by atoms with van der Waals surface area (Å²) in [6, 6.07) is 3.73. The van der Waals surface area contributed by atoms with Crippen molar-refractivity contribution >= 4 is 33.4 Å². The third-order valence-electron chi connectivity index (χ3n) is 3.78. The Hall–Kier alpha value is -1.85. The predicted octanol–water partition coefficient (Wildman–Crippen LogP) is 2.50. The zero-order valence-electron chi connectivity index (χ0n) is 12.0. The molecule has 0 aliphatic carbocycles. The first-order valence-electron chi connectivity index (χ1n) is 6.92. The van der Waals surface area contributed by atoms with E-state index in [9.17, 15) is 4.79 Å². The molecule has 0 fully saturated rings. The summed E-state index contributed by atoms with van der Waals surface area (Å²) >= 11 is 6.18. The summed E-state index contributed by atoms with van der Waals surface area (Å²) in [5, 5.41) is 9.36. The molecule has 3 N–H and O–H groups in total. The standard InChI is InChI=1S/C15H17ClN4O/c1-8-6-10(16)7-11-13-12(9(2)18-19-13)15(21)20(14(8)11)5-3-4-17/h6-7H,3-5,17H2,1-2H3,(H,18,19). The van der Waals surface area contributed by atoms with Crippen LogP contribution in [0, 0.1) is 13.8 Å². The Morgan fingerprint density at radius 1 is 1.38 bits per heavy atom. The van der Waals surface area contributed by atoms with Gasteiger partial charge in [0.05, 0.1) is 10.9 Å². The van der Waals surface area contributed by atoms with Gasteiger partial charge in [0, 0.05) is 22.6 Å². The Morgan fingerprint density at radius 2 is 2.14 bits per heavy atom. The van der Waals surface area contributed by atoms with Crippen LogP contribution in [0.5, 0.6) is 0 Å². The van der Waals surface area contributed by atoms with Gasteiger partial charge in [0.25, 0.3) is 5.56 Å². The maximum atomic E-state index is 12.8. The van der Waals surface area contributed by atoms with E-state index in [1.807, 2.05) is 26.0 Å². The van der Waals surface area contributed by atoms with Gasteiger partial charge in [-0.05, 0) is 44.5 Å². The number of nitrogens with two attached hydrogens (primary N) is 1. The minimum atomic E-state index is -0.0253. The molecule has 2 aromatic heterocycles. The minimum absolute atomic E-state index is 0.0253. The molecule has 110 valence electrons. The number of aromatic nitrogens is 3. The molecule has 2 heterocycles. The molecule has 21 heavy (non-hydrogen) atoms. The van der Waals surface area contributed by atoms with Gasteiger partial charge >= 0.3 is 0 Å². The predicted molar refractivity (Wildman–Crippen MR) is 86.0 cm³/mol. The number of hydrogen-bond acceptors (Lipinski definition) is 3. The van der Waals surface area contributed by atoms with E-state index in [2.05, 4.69) is 10.2 Å². The summed E-state index contributed by atoms with van der Waals surface area (Å²) in [5.74, 6) is 0. The van der Waals surface area contributed by atoms with Gasteiger partial charge in [0.15, 0.2) is 0 Å². The number of hydrogen-bond donors (Lipinski definition) is 2. The first kappa shape index (κ1) is 14.1. The fourth-order valence-electron chi connectivity index (χ4n) is 2.86. The second-order valence-electron chi connectivity index (χ2n) is 5.29. The van der Waals surface area contributed by atoms with Gasteiger partial charge in [0.1, 0.15) is 5.52 Å². The third-order valence-corrected chi connectivity index (χ3v) is 4.00. The molecule has 3 rings (SSSR count). The molecule has 3 aromatic rings. The fraction of sp³-hybridized carbons (Fsp3) is 0.333. The van der Waals surface area contributed by atoms with Crippen molar-refractivity contribution in [3.63, 3.8) is 0 Å². The van der Waals surface area contributed by atoms with Crippen molar-refractivity contribution in [3.8, 4) is 0 Å². The van der Waals surface area contributed by atoms with Crippen molar-refractivity contribution in [3.05, 3.63) is 38.8 Å². The average molecular weight is 305 g/mol. The highest BCUT2D eigenvalue weighted by Gasteiger charge is 2.17. The molecule has 0 unspecified atom stereocenters. The lowest BCUT2D eigenvalue weighted by Gasteiger charge is -2.13. The van der Waals surface area contributed by atoms with E-state index in [0.29, 0.717) is 29.0 Å². The van der Waals surface area contributed by atoms with Crippen LogP contribution in [-0.2, 0) is 6.54 Å². The number of nitrogens with zero attached hydrogens (tertiary/aromatic N) is 2. The van der Waals surface area contributed by atoms with Gasteiger partial charge < -0.3 is 10.3 Å². The van der Waals surface area contributed by atoms with Crippen molar-refractivity contribution in [2.24, 2.45) is 5.73 Å². The number of halogens is 1. The molecule has 0 saturated carbocycles. The molecule has 0 atom stereocenters. The Bertz CT molecular complexity index is 894. The van der Waals surface area contributed by atoms with Crippen LogP contribution in [0.1, 0.15) is 17.7 Å². The van der Waals surface area contributed by atoms with Crippen LogP contribution in [0.4, 0.5) is 0 Å². The number of aromatic amines is 1. The van der Waals surface area contributed by atoms with E-state index in [0.717, 1.165) is 28.6 Å². The largest absolute Gasteiger partial charge is 0.330 e. The monoisotopic (exact) mass is 304 g/mol. The van der Waals surface area contributed by atoms with Crippen LogP contribution in [0.15, 0.2) is 16.9 Å². The number of aryl methyl sites for hydroxylation is 3. The molecule has 0 saturated heterocycles. The smallest absolute Gasteiger partial charge is 0.262 e. The first-order chi connectivity index (χ1) is 10.0. The molecule has 0 spiro atoms. The highest BCUT2D eigenvalue weighted by molar-refractivity contribution is 6.31. The lowest BCUT2D eigenvalue weighted by molar-refractivity contribution is 0.653. The molecule has 5 nitrogen and oxygen atoms in total. The van der Waals surface area contributed by atoms with Crippen LogP contribution >= 0.6 is 11.6 Å². The van der Waals surface area contributed by atoms with Crippen LogP contribution in [0.2, 0.25) is 5.02 Å². The van der Waals surface area contributed by atoms with Crippen molar-refractivity contribution < 1.29 is 0 Å². The topological polar surface area (TPSA) is 76.7 Å². The summed E-state index contributed by atoms with van der Waals surface area (Å²) in [6.45, 7) is 4.95. The second kappa shape index (κ2) is 5.16. The highest BCUT2D eigenvalue weighted by atomic mass is 35.5. The molecule has 1 aromatic carbocycles. The van der Waals surface area contributed by atoms with Crippen LogP contribution in [0.3, 0.4) is 0 Å². The number of fused-ring (bicyclic) bond motifs is 3. The number of nitrogens with one attached hydrogen (secondary N) is 1. The summed E-state index contributed by atoms with van der Waals surface area (Å²) in [6.07, 6.45) is 0.749. The zero-order valence-corrected chi connectivity index (χ0v) is 12.8. The molecule has 0 aliphatic rings. The van der Waals surface area contributed by atoms with E-state index in [1.165, 1.54) is 0 Å². The van der Waals surface area contributed by atoms with E-state index in [1.54, 1.807) is 4.57 Å². The van der Waals surface area contributed by atoms with E-state index in [4.69, 9.17) is 17.3 Å². The molecular weight excluding hydrogens is 288 g/mol. The van der Waals surface area contributed by atoms with Gasteiger partial charge in [-0.15, -0.1) is 0 Å². The van der Waals surface area contributed by atoms with Crippen molar-refractivity contribution in [2.45, 2.75) is 26.8 Å². The van der Waals surface area contributed by atoms with E-state index in [-0.39, 0.29) is 5.56 Å². The summed E-state index contributed by atoms with van der Waals surface area (Å²) in [7, 11) is 0. The number of pyridine rings is 1. The van der Waals surface area contributed by atoms with Gasteiger partial charge in [-0.2, -0.15) is 5.10 Å².